The fraction of sp³-hybridized carbons (Fsp3) is 0.400. The van der Waals surface area contributed by atoms with Gasteiger partial charge in [0.1, 0.15) is 5.76 Å². The zero-order valence-electron chi connectivity index (χ0n) is 16.6. The molecule has 0 saturated carbocycles. The number of para-hydroxylation sites is 1. The van der Waals surface area contributed by atoms with E-state index in [4.69, 9.17) is 9.36 Å². The van der Waals surface area contributed by atoms with Crippen LogP contribution in [0.5, 0.6) is 0 Å². The number of aromatic nitrogens is 1. The highest BCUT2D eigenvalue weighted by atomic mass is 16.6. The fourth-order valence-corrected chi connectivity index (χ4v) is 2.86. The second-order valence-electron chi connectivity index (χ2n) is 6.76. The number of nitrogens with zero attached hydrogens (tertiary/aromatic N) is 3. The first-order chi connectivity index (χ1) is 14.0. The molecular weight excluding hydrogens is 374 g/mol. The van der Waals surface area contributed by atoms with Crippen molar-refractivity contribution >= 4 is 29.2 Å². The molecule has 9 nitrogen and oxygen atoms in total. The number of carbonyl (C=O) groups is 2. The zero-order chi connectivity index (χ0) is 20.6. The SMILES string of the molecule is CCC(ON=C1CCN(C(=O)Nc2ccccc2)CC1)C(=O)Nc1cc(C)on1. The van der Waals surface area contributed by atoms with Gasteiger partial charge in [0.25, 0.3) is 5.91 Å². The lowest BCUT2D eigenvalue weighted by molar-refractivity contribution is -0.127. The molecule has 1 aromatic carbocycles. The lowest BCUT2D eigenvalue weighted by Gasteiger charge is -2.27. The summed E-state index contributed by atoms with van der Waals surface area (Å²) in [6.07, 6.45) is 0.940. The summed E-state index contributed by atoms with van der Waals surface area (Å²) in [5, 5.41) is 13.4. The number of urea groups is 1. The van der Waals surface area contributed by atoms with Crippen LogP contribution in [-0.2, 0) is 9.63 Å². The van der Waals surface area contributed by atoms with E-state index in [-0.39, 0.29) is 11.9 Å². The molecule has 0 radical (unpaired) electrons. The molecule has 1 atom stereocenters. The molecule has 3 amide bonds. The summed E-state index contributed by atoms with van der Waals surface area (Å²) >= 11 is 0. The number of aryl methyl sites for hydroxylation is 1. The average Bonchev–Trinajstić information content (AvgIpc) is 3.14. The van der Waals surface area contributed by atoms with Gasteiger partial charge in [0, 0.05) is 37.7 Å². The van der Waals surface area contributed by atoms with Crippen LogP contribution in [0.4, 0.5) is 16.3 Å². The van der Waals surface area contributed by atoms with Crippen LogP contribution in [0.25, 0.3) is 0 Å². The number of hydrogen-bond acceptors (Lipinski definition) is 6. The first kappa shape index (κ1) is 20.4. The number of rotatable bonds is 6. The Bertz CT molecular complexity index is 855. The normalized spacial score (nSPS) is 14.8. The van der Waals surface area contributed by atoms with E-state index in [2.05, 4.69) is 20.9 Å². The van der Waals surface area contributed by atoms with Gasteiger partial charge in [-0.2, -0.15) is 0 Å². The van der Waals surface area contributed by atoms with Crippen molar-refractivity contribution < 1.29 is 18.9 Å². The van der Waals surface area contributed by atoms with Gasteiger partial charge >= 0.3 is 6.03 Å². The van der Waals surface area contributed by atoms with Gasteiger partial charge in [-0.05, 0) is 25.5 Å². The van der Waals surface area contributed by atoms with E-state index in [9.17, 15) is 9.59 Å². The van der Waals surface area contributed by atoms with Gasteiger partial charge < -0.3 is 24.9 Å². The fourth-order valence-electron chi connectivity index (χ4n) is 2.86. The molecule has 1 aliphatic heterocycles. The zero-order valence-corrected chi connectivity index (χ0v) is 16.6. The van der Waals surface area contributed by atoms with E-state index in [1.165, 1.54) is 0 Å². The summed E-state index contributed by atoms with van der Waals surface area (Å²) in [5.41, 5.74) is 1.59. The minimum atomic E-state index is -0.723. The van der Waals surface area contributed by atoms with E-state index in [0.29, 0.717) is 43.9 Å². The van der Waals surface area contributed by atoms with Gasteiger partial charge in [-0.1, -0.05) is 35.4 Å². The summed E-state index contributed by atoms with van der Waals surface area (Å²) < 4.78 is 4.93. The van der Waals surface area contributed by atoms with E-state index in [0.717, 1.165) is 11.4 Å². The van der Waals surface area contributed by atoms with Crippen molar-refractivity contribution in [2.24, 2.45) is 5.16 Å². The standard InChI is InChI=1S/C20H25N5O4/c1-3-17(19(26)22-18-13-14(2)28-24-18)29-23-16-9-11-25(12-10-16)20(27)21-15-7-5-4-6-8-15/h4-8,13,17H,3,9-12H2,1-2H3,(H,21,27)(H,22,24,26). The van der Waals surface area contributed by atoms with Gasteiger partial charge in [0.05, 0.1) is 5.71 Å². The molecule has 0 bridgehead atoms. The van der Waals surface area contributed by atoms with Gasteiger partial charge in [0.2, 0.25) is 6.10 Å². The van der Waals surface area contributed by atoms with Crippen LogP contribution in [0.3, 0.4) is 0 Å². The molecular formula is C20H25N5O4. The van der Waals surface area contributed by atoms with Crippen molar-refractivity contribution in [2.45, 2.75) is 39.2 Å². The molecule has 9 heteroatoms. The van der Waals surface area contributed by atoms with Gasteiger partial charge in [-0.25, -0.2) is 4.79 Å². The van der Waals surface area contributed by atoms with Crippen LogP contribution < -0.4 is 10.6 Å². The van der Waals surface area contributed by atoms with Crippen molar-refractivity contribution in [1.82, 2.24) is 10.1 Å². The summed E-state index contributed by atoms with van der Waals surface area (Å²) in [7, 11) is 0. The minimum absolute atomic E-state index is 0.134. The Morgan fingerprint density at radius 1 is 1.24 bits per heavy atom. The van der Waals surface area contributed by atoms with Crippen LogP contribution in [0.15, 0.2) is 46.1 Å². The number of carbonyl (C=O) groups excluding carboxylic acids is 2. The highest BCUT2D eigenvalue weighted by Crippen LogP contribution is 2.14. The molecule has 2 N–H and O–H groups in total. The van der Waals surface area contributed by atoms with E-state index in [1.54, 1.807) is 17.9 Å². The summed E-state index contributed by atoms with van der Waals surface area (Å²) in [4.78, 5) is 31.8. The van der Waals surface area contributed by atoms with E-state index < -0.39 is 6.10 Å². The number of anilines is 2. The molecule has 0 spiro atoms. The Morgan fingerprint density at radius 3 is 2.59 bits per heavy atom. The molecule has 1 saturated heterocycles. The number of nitrogens with one attached hydrogen (secondary N) is 2. The lowest BCUT2D eigenvalue weighted by Crippen LogP contribution is -2.41. The molecule has 3 rings (SSSR count). The predicted octanol–water partition coefficient (Wildman–Crippen LogP) is 3.40. The predicted molar refractivity (Wildman–Crippen MR) is 109 cm³/mol. The Morgan fingerprint density at radius 2 is 1.97 bits per heavy atom. The maximum absolute atomic E-state index is 12.3. The highest BCUT2D eigenvalue weighted by molar-refractivity contribution is 5.94. The smallest absolute Gasteiger partial charge is 0.321 e. The quantitative estimate of drug-likeness (QED) is 0.724. The van der Waals surface area contributed by atoms with Crippen molar-refractivity contribution in [3.63, 3.8) is 0 Å². The van der Waals surface area contributed by atoms with Gasteiger partial charge in [0.15, 0.2) is 5.82 Å². The second-order valence-corrected chi connectivity index (χ2v) is 6.76. The number of oxime groups is 1. The number of likely N-dealkylation sites (tertiary alicyclic amines) is 1. The average molecular weight is 399 g/mol. The van der Waals surface area contributed by atoms with Crippen molar-refractivity contribution in [3.05, 3.63) is 42.2 Å². The Balaban J connectivity index is 1.46. The summed E-state index contributed by atoms with van der Waals surface area (Å²) in [5.74, 6) is 0.627. The molecule has 1 fully saturated rings. The van der Waals surface area contributed by atoms with Crippen LogP contribution in [0, 0.1) is 6.92 Å². The first-order valence-corrected chi connectivity index (χ1v) is 9.62. The third-order valence-electron chi connectivity index (χ3n) is 4.50. The lowest BCUT2D eigenvalue weighted by atomic mass is 10.1. The third-order valence-corrected chi connectivity index (χ3v) is 4.50. The first-order valence-electron chi connectivity index (χ1n) is 9.62. The van der Waals surface area contributed by atoms with E-state index in [1.807, 2.05) is 37.3 Å². The van der Waals surface area contributed by atoms with Crippen LogP contribution in [0.1, 0.15) is 31.9 Å². The molecule has 154 valence electrons. The molecule has 2 aromatic rings. The molecule has 29 heavy (non-hydrogen) atoms. The van der Waals surface area contributed by atoms with Crippen LogP contribution in [-0.4, -0.2) is 46.9 Å². The molecule has 1 aliphatic rings. The van der Waals surface area contributed by atoms with Crippen molar-refractivity contribution in [2.75, 3.05) is 23.7 Å². The van der Waals surface area contributed by atoms with Crippen molar-refractivity contribution in [1.29, 1.82) is 0 Å². The summed E-state index contributed by atoms with van der Waals surface area (Å²) in [6, 6.07) is 10.8. The minimum Gasteiger partial charge on any atom is -0.382 e. The Labute approximate surface area is 169 Å². The van der Waals surface area contributed by atoms with Crippen molar-refractivity contribution in [3.8, 4) is 0 Å². The number of hydrogen-bond donors (Lipinski definition) is 2. The molecule has 1 aromatic heterocycles. The summed E-state index contributed by atoms with van der Waals surface area (Å²) in [6.45, 7) is 4.67. The van der Waals surface area contributed by atoms with Gasteiger partial charge in [-0.3, -0.25) is 4.79 Å². The highest BCUT2D eigenvalue weighted by Gasteiger charge is 2.23. The molecule has 1 unspecified atom stereocenters. The van der Waals surface area contributed by atoms with E-state index >= 15 is 0 Å². The number of benzene rings is 1. The maximum Gasteiger partial charge on any atom is 0.321 e. The second kappa shape index (κ2) is 9.72. The topological polar surface area (TPSA) is 109 Å². The third kappa shape index (κ3) is 5.81. The number of piperidine rings is 1. The monoisotopic (exact) mass is 399 g/mol. The largest absolute Gasteiger partial charge is 0.382 e. The van der Waals surface area contributed by atoms with Crippen LogP contribution in [0.2, 0.25) is 0 Å². The number of amides is 3. The van der Waals surface area contributed by atoms with Crippen LogP contribution >= 0.6 is 0 Å². The Hall–Kier alpha value is -3.36. The maximum atomic E-state index is 12.3. The molecule has 0 aliphatic carbocycles. The Kier molecular flexibility index (Phi) is 6.83. The molecule has 2 heterocycles. The van der Waals surface area contributed by atoms with Gasteiger partial charge in [-0.15, -0.1) is 0 Å².